The van der Waals surface area contributed by atoms with E-state index in [0.29, 0.717) is 60.5 Å². The van der Waals surface area contributed by atoms with Crippen molar-refractivity contribution in [1.82, 2.24) is 9.80 Å². The number of methoxy groups -OCH3 is 1. The van der Waals surface area contributed by atoms with Crippen LogP contribution in [0, 0.1) is 0 Å². The fourth-order valence-corrected chi connectivity index (χ4v) is 5.03. The highest BCUT2D eigenvalue weighted by atomic mass is 16.5. The van der Waals surface area contributed by atoms with E-state index in [2.05, 4.69) is 0 Å². The first-order valence-corrected chi connectivity index (χ1v) is 11.5. The van der Waals surface area contributed by atoms with Crippen molar-refractivity contribution in [2.45, 2.75) is 37.7 Å². The van der Waals surface area contributed by atoms with Crippen LogP contribution in [-0.2, 0) is 4.79 Å². The molecule has 1 spiro atoms. The Balaban J connectivity index is 1.14. The van der Waals surface area contributed by atoms with Crippen molar-refractivity contribution in [2.24, 2.45) is 0 Å². The number of Topliss-reactive ketones (excluding diaryl/α,β-unsaturated/α-hetero) is 1. The fraction of sp³-hybridized carbons (Fsp3) is 0.385. The van der Waals surface area contributed by atoms with E-state index in [-0.39, 0.29) is 42.9 Å². The minimum absolute atomic E-state index is 0.0151. The van der Waals surface area contributed by atoms with Crippen LogP contribution in [0.25, 0.3) is 0 Å². The number of fused-ring (bicyclic) bond motifs is 2. The van der Waals surface area contributed by atoms with Gasteiger partial charge in [-0.1, -0.05) is 12.1 Å². The highest BCUT2D eigenvalue weighted by Gasteiger charge is 2.43. The molecule has 0 saturated carbocycles. The van der Waals surface area contributed by atoms with Gasteiger partial charge in [0, 0.05) is 38.9 Å². The number of likely N-dealkylation sites (tertiary alicyclic amines) is 1. The van der Waals surface area contributed by atoms with E-state index in [1.165, 1.54) is 4.90 Å². The summed E-state index contributed by atoms with van der Waals surface area (Å²) in [6.07, 6.45) is 2.11. The van der Waals surface area contributed by atoms with Gasteiger partial charge in [-0.05, 0) is 36.8 Å². The van der Waals surface area contributed by atoms with Crippen LogP contribution in [-0.4, -0.2) is 65.6 Å². The van der Waals surface area contributed by atoms with Gasteiger partial charge in [-0.3, -0.25) is 24.1 Å². The predicted octanol–water partition coefficient (Wildman–Crippen LogP) is 3.10. The zero-order chi connectivity index (χ0) is 23.9. The molecule has 0 bridgehead atoms. The lowest BCUT2D eigenvalue weighted by Gasteiger charge is -2.44. The van der Waals surface area contributed by atoms with Crippen LogP contribution in [0.4, 0.5) is 0 Å². The van der Waals surface area contributed by atoms with Crippen LogP contribution in [0.5, 0.6) is 11.5 Å². The van der Waals surface area contributed by atoms with Crippen molar-refractivity contribution in [3.63, 3.8) is 0 Å². The fourth-order valence-electron chi connectivity index (χ4n) is 5.03. The Hall–Kier alpha value is -3.68. The van der Waals surface area contributed by atoms with Gasteiger partial charge in [0.25, 0.3) is 11.8 Å². The first-order chi connectivity index (χ1) is 16.4. The van der Waals surface area contributed by atoms with Crippen molar-refractivity contribution in [1.29, 1.82) is 0 Å². The van der Waals surface area contributed by atoms with Gasteiger partial charge >= 0.3 is 0 Å². The van der Waals surface area contributed by atoms with Gasteiger partial charge in [-0.2, -0.15) is 0 Å². The molecule has 2 aromatic rings. The molecular weight excluding hydrogens is 436 g/mol. The molecule has 1 saturated heterocycles. The smallest absolute Gasteiger partial charge is 0.261 e. The summed E-state index contributed by atoms with van der Waals surface area (Å²) in [5.74, 6) is 0.598. The maximum absolute atomic E-state index is 12.8. The molecule has 8 nitrogen and oxygen atoms in total. The number of rotatable bonds is 5. The van der Waals surface area contributed by atoms with Crippen LogP contribution >= 0.6 is 0 Å². The van der Waals surface area contributed by atoms with Crippen LogP contribution in [0.1, 0.15) is 63.2 Å². The van der Waals surface area contributed by atoms with E-state index in [4.69, 9.17) is 9.47 Å². The van der Waals surface area contributed by atoms with Gasteiger partial charge in [0.1, 0.15) is 17.1 Å². The number of nitrogens with zero attached hydrogens (tertiary/aromatic N) is 2. The molecule has 3 aliphatic rings. The third-order valence-corrected chi connectivity index (χ3v) is 6.97. The van der Waals surface area contributed by atoms with Crippen LogP contribution in [0.2, 0.25) is 0 Å². The second-order valence-electron chi connectivity index (χ2n) is 9.04. The molecule has 3 aliphatic heterocycles. The number of amides is 3. The number of carbonyl (C=O) groups is 4. The molecule has 0 radical (unpaired) electrons. The average Bonchev–Trinajstić information content (AvgIpc) is 3.09. The molecule has 0 unspecified atom stereocenters. The molecule has 34 heavy (non-hydrogen) atoms. The molecular formula is C26H26N2O6. The Bertz CT molecular complexity index is 1150. The standard InChI is InChI=1S/C26H26N2O6/c1-33-17-8-9-22-20(15-17)21(29)16-26(34-22)10-13-27(14-11-26)23(30)7-4-12-28-24(31)18-5-2-3-6-19(18)25(28)32/h2-3,5-6,8-9,15H,4,7,10-14,16H2,1H3. The number of benzene rings is 2. The molecule has 3 heterocycles. The average molecular weight is 463 g/mol. The van der Waals surface area contributed by atoms with Gasteiger partial charge < -0.3 is 14.4 Å². The SMILES string of the molecule is COc1ccc2c(c1)C(=O)CC1(CCN(C(=O)CCCN3C(=O)c4ccccc4C3=O)CC1)O2. The maximum atomic E-state index is 12.8. The molecule has 0 N–H and O–H groups in total. The normalized spacial score (nSPS) is 18.6. The summed E-state index contributed by atoms with van der Waals surface area (Å²) in [4.78, 5) is 53.5. The van der Waals surface area contributed by atoms with Gasteiger partial charge in [-0.25, -0.2) is 0 Å². The summed E-state index contributed by atoms with van der Waals surface area (Å²) >= 11 is 0. The Morgan fingerprint density at radius 2 is 1.68 bits per heavy atom. The van der Waals surface area contributed by atoms with E-state index < -0.39 is 5.60 Å². The quantitative estimate of drug-likeness (QED) is 0.634. The maximum Gasteiger partial charge on any atom is 0.261 e. The number of hydrogen-bond donors (Lipinski definition) is 0. The summed E-state index contributed by atoms with van der Waals surface area (Å²) < 4.78 is 11.5. The molecule has 3 amide bonds. The third-order valence-electron chi connectivity index (χ3n) is 6.97. The lowest BCUT2D eigenvalue weighted by atomic mass is 9.82. The summed E-state index contributed by atoms with van der Waals surface area (Å²) in [5.41, 5.74) is 0.788. The zero-order valence-corrected chi connectivity index (χ0v) is 19.0. The number of piperidine rings is 1. The molecule has 0 aliphatic carbocycles. The van der Waals surface area contributed by atoms with Crippen molar-refractivity contribution in [3.05, 3.63) is 59.2 Å². The number of ether oxygens (including phenoxy) is 2. The Morgan fingerprint density at radius 3 is 2.32 bits per heavy atom. The molecule has 8 heteroatoms. The predicted molar refractivity (Wildman–Crippen MR) is 122 cm³/mol. The Morgan fingerprint density at radius 1 is 1.00 bits per heavy atom. The third kappa shape index (κ3) is 3.83. The molecule has 1 fully saturated rings. The summed E-state index contributed by atoms with van der Waals surface area (Å²) in [6.45, 7) is 1.23. The molecule has 0 aromatic heterocycles. The molecule has 5 rings (SSSR count). The number of ketones is 1. The van der Waals surface area contributed by atoms with Gasteiger partial charge in [-0.15, -0.1) is 0 Å². The monoisotopic (exact) mass is 462 g/mol. The summed E-state index contributed by atoms with van der Waals surface area (Å²) in [5, 5.41) is 0. The number of imide groups is 1. The largest absolute Gasteiger partial charge is 0.497 e. The Labute approximate surface area is 197 Å². The second kappa shape index (κ2) is 8.59. The highest BCUT2D eigenvalue weighted by Crippen LogP contribution is 2.40. The lowest BCUT2D eigenvalue weighted by molar-refractivity contribution is -0.134. The van der Waals surface area contributed by atoms with Gasteiger partial charge in [0.15, 0.2) is 5.78 Å². The van der Waals surface area contributed by atoms with E-state index in [0.717, 1.165) is 0 Å². The van der Waals surface area contributed by atoms with E-state index >= 15 is 0 Å². The van der Waals surface area contributed by atoms with Gasteiger partial charge in [0.05, 0.1) is 30.2 Å². The Kier molecular flexibility index (Phi) is 5.59. The van der Waals surface area contributed by atoms with E-state index in [1.54, 1.807) is 54.5 Å². The summed E-state index contributed by atoms with van der Waals surface area (Å²) in [6, 6.07) is 12.0. The van der Waals surface area contributed by atoms with Crippen LogP contribution in [0.15, 0.2) is 42.5 Å². The number of carbonyl (C=O) groups excluding carboxylic acids is 4. The number of hydrogen-bond acceptors (Lipinski definition) is 6. The topological polar surface area (TPSA) is 93.2 Å². The second-order valence-corrected chi connectivity index (χ2v) is 9.04. The molecule has 0 atom stereocenters. The van der Waals surface area contributed by atoms with Crippen molar-refractivity contribution in [2.75, 3.05) is 26.7 Å². The minimum atomic E-state index is -0.588. The first kappa shape index (κ1) is 22.1. The van der Waals surface area contributed by atoms with E-state index in [1.807, 2.05) is 0 Å². The van der Waals surface area contributed by atoms with Gasteiger partial charge in [0.2, 0.25) is 5.91 Å². The van der Waals surface area contributed by atoms with Crippen LogP contribution in [0.3, 0.4) is 0 Å². The molecule has 176 valence electrons. The van der Waals surface area contributed by atoms with Crippen molar-refractivity contribution >= 4 is 23.5 Å². The van der Waals surface area contributed by atoms with Crippen LogP contribution < -0.4 is 9.47 Å². The highest BCUT2D eigenvalue weighted by molar-refractivity contribution is 6.21. The van der Waals surface area contributed by atoms with Crippen molar-refractivity contribution < 1.29 is 28.7 Å². The summed E-state index contributed by atoms with van der Waals surface area (Å²) in [7, 11) is 1.56. The molecule has 2 aromatic carbocycles. The minimum Gasteiger partial charge on any atom is -0.497 e. The lowest BCUT2D eigenvalue weighted by Crippen LogP contribution is -2.52. The zero-order valence-electron chi connectivity index (χ0n) is 19.0. The first-order valence-electron chi connectivity index (χ1n) is 11.5. The van der Waals surface area contributed by atoms with E-state index in [9.17, 15) is 19.2 Å². The van der Waals surface area contributed by atoms with Crippen molar-refractivity contribution in [3.8, 4) is 11.5 Å².